The van der Waals surface area contributed by atoms with Gasteiger partial charge in [-0.05, 0) is 74.5 Å². The van der Waals surface area contributed by atoms with Crippen LogP contribution in [-0.2, 0) is 0 Å². The number of methoxy groups -OCH3 is 1. The van der Waals surface area contributed by atoms with Crippen LogP contribution in [0.5, 0.6) is 5.75 Å². The van der Waals surface area contributed by atoms with Crippen LogP contribution in [-0.4, -0.2) is 43.3 Å². The maximum Gasteiger partial charge on any atom is 0.161 e. The summed E-state index contributed by atoms with van der Waals surface area (Å²) < 4.78 is 5.22. The molecule has 2 fully saturated rings. The van der Waals surface area contributed by atoms with E-state index in [1.807, 2.05) is 36.5 Å². The smallest absolute Gasteiger partial charge is 0.161 e. The van der Waals surface area contributed by atoms with Gasteiger partial charge in [-0.2, -0.15) is 0 Å². The predicted molar refractivity (Wildman–Crippen MR) is 99.9 cm³/mol. The highest BCUT2D eigenvalue weighted by Gasteiger charge is 2.28. The number of aromatic nitrogens is 2. The highest BCUT2D eigenvalue weighted by Crippen LogP contribution is 2.31. The molecule has 5 heteroatoms. The molecule has 2 aromatic rings. The molecule has 132 valence electrons. The summed E-state index contributed by atoms with van der Waals surface area (Å²) in [7, 11) is 1.68. The number of hydrogen-bond acceptors (Lipinski definition) is 5. The van der Waals surface area contributed by atoms with Gasteiger partial charge in [-0.15, -0.1) is 0 Å². The predicted octanol–water partition coefficient (Wildman–Crippen LogP) is 2.98. The first kappa shape index (κ1) is 16.3. The number of benzene rings is 1. The van der Waals surface area contributed by atoms with Gasteiger partial charge in [-0.1, -0.05) is 0 Å². The first-order valence-electron chi connectivity index (χ1n) is 9.26. The van der Waals surface area contributed by atoms with Crippen LogP contribution in [0, 0.1) is 11.8 Å². The van der Waals surface area contributed by atoms with E-state index >= 15 is 0 Å². The minimum atomic E-state index is 0.780. The molecule has 0 bridgehead atoms. The third-order valence-corrected chi connectivity index (χ3v) is 5.62. The zero-order chi connectivity index (χ0) is 17.1. The zero-order valence-corrected chi connectivity index (χ0v) is 14.8. The molecule has 1 atom stereocenters. The van der Waals surface area contributed by atoms with Crippen molar-refractivity contribution in [2.45, 2.75) is 19.3 Å². The number of piperidine rings is 1. The van der Waals surface area contributed by atoms with E-state index in [9.17, 15) is 0 Å². The largest absolute Gasteiger partial charge is 0.497 e. The van der Waals surface area contributed by atoms with Crippen molar-refractivity contribution in [3.8, 4) is 17.1 Å². The maximum absolute atomic E-state index is 5.22. The van der Waals surface area contributed by atoms with Crippen LogP contribution < -0.4 is 15.0 Å². The summed E-state index contributed by atoms with van der Waals surface area (Å²) in [5.41, 5.74) is 1.02. The topological polar surface area (TPSA) is 50.3 Å². The standard InChI is InChI=1S/C20H26N4O/c1-25-18-4-2-16(3-5-18)20-22-11-7-19(23-20)24-12-8-15(9-13-24)17-6-10-21-14-17/h2-5,7,11,15,17,21H,6,8-10,12-14H2,1H3. The van der Waals surface area contributed by atoms with Crippen LogP contribution in [0.2, 0.25) is 0 Å². The molecule has 1 unspecified atom stereocenters. The average molecular weight is 338 g/mol. The van der Waals surface area contributed by atoms with E-state index in [1.54, 1.807) is 7.11 Å². The first-order chi connectivity index (χ1) is 12.3. The summed E-state index contributed by atoms with van der Waals surface area (Å²) in [5.74, 6) is 4.42. The quantitative estimate of drug-likeness (QED) is 0.929. The molecule has 2 saturated heterocycles. The molecule has 3 heterocycles. The van der Waals surface area contributed by atoms with Crippen molar-refractivity contribution >= 4 is 5.82 Å². The Morgan fingerprint density at radius 2 is 1.84 bits per heavy atom. The Morgan fingerprint density at radius 1 is 1.04 bits per heavy atom. The van der Waals surface area contributed by atoms with Crippen LogP contribution in [0.1, 0.15) is 19.3 Å². The Morgan fingerprint density at radius 3 is 2.52 bits per heavy atom. The van der Waals surface area contributed by atoms with Gasteiger partial charge in [0, 0.05) is 24.8 Å². The zero-order valence-electron chi connectivity index (χ0n) is 14.8. The number of nitrogens with one attached hydrogen (secondary N) is 1. The van der Waals surface area contributed by atoms with Gasteiger partial charge in [0.1, 0.15) is 11.6 Å². The molecule has 0 aliphatic carbocycles. The summed E-state index contributed by atoms with van der Waals surface area (Å²) in [4.78, 5) is 11.7. The molecule has 0 spiro atoms. The van der Waals surface area contributed by atoms with E-state index in [0.717, 1.165) is 47.9 Å². The van der Waals surface area contributed by atoms with Gasteiger partial charge in [-0.25, -0.2) is 9.97 Å². The summed E-state index contributed by atoms with van der Waals surface area (Å²) in [6.45, 7) is 4.60. The molecule has 5 nitrogen and oxygen atoms in total. The van der Waals surface area contributed by atoms with E-state index in [2.05, 4.69) is 15.2 Å². The minimum Gasteiger partial charge on any atom is -0.497 e. The van der Waals surface area contributed by atoms with Crippen molar-refractivity contribution < 1.29 is 4.74 Å². The highest BCUT2D eigenvalue weighted by molar-refractivity contribution is 5.58. The van der Waals surface area contributed by atoms with E-state index in [0.29, 0.717) is 0 Å². The average Bonchev–Trinajstić information content (AvgIpc) is 3.23. The van der Waals surface area contributed by atoms with Gasteiger partial charge < -0.3 is 15.0 Å². The number of hydrogen-bond donors (Lipinski definition) is 1. The number of anilines is 1. The Balaban J connectivity index is 1.44. The first-order valence-corrected chi connectivity index (χ1v) is 9.26. The van der Waals surface area contributed by atoms with Crippen LogP contribution in [0.3, 0.4) is 0 Å². The van der Waals surface area contributed by atoms with Crippen molar-refractivity contribution in [3.05, 3.63) is 36.5 Å². The van der Waals surface area contributed by atoms with Crippen LogP contribution in [0.15, 0.2) is 36.5 Å². The van der Waals surface area contributed by atoms with Crippen molar-refractivity contribution in [2.24, 2.45) is 11.8 Å². The van der Waals surface area contributed by atoms with E-state index in [4.69, 9.17) is 9.72 Å². The van der Waals surface area contributed by atoms with Crippen molar-refractivity contribution in [1.29, 1.82) is 0 Å². The van der Waals surface area contributed by atoms with Crippen LogP contribution in [0.25, 0.3) is 11.4 Å². The third kappa shape index (κ3) is 3.61. The van der Waals surface area contributed by atoms with Gasteiger partial charge >= 0.3 is 0 Å². The van der Waals surface area contributed by atoms with Gasteiger partial charge in [0.2, 0.25) is 0 Å². The van der Waals surface area contributed by atoms with Gasteiger partial charge in [0.05, 0.1) is 7.11 Å². The van der Waals surface area contributed by atoms with Crippen molar-refractivity contribution in [2.75, 3.05) is 38.2 Å². The Bertz CT molecular complexity index is 689. The lowest BCUT2D eigenvalue weighted by molar-refractivity contribution is 0.291. The fraction of sp³-hybridized carbons (Fsp3) is 0.500. The Kier molecular flexibility index (Phi) is 4.83. The lowest BCUT2D eigenvalue weighted by Crippen LogP contribution is -2.37. The van der Waals surface area contributed by atoms with Gasteiger partial charge in [0.15, 0.2) is 5.82 Å². The highest BCUT2D eigenvalue weighted by atomic mass is 16.5. The van der Waals surface area contributed by atoms with Gasteiger partial charge in [0.25, 0.3) is 0 Å². The molecule has 1 N–H and O–H groups in total. The lowest BCUT2D eigenvalue weighted by atomic mass is 9.84. The number of nitrogens with zero attached hydrogens (tertiary/aromatic N) is 3. The second-order valence-electron chi connectivity index (χ2n) is 7.04. The lowest BCUT2D eigenvalue weighted by Gasteiger charge is -2.35. The molecule has 1 aromatic carbocycles. The Hall–Kier alpha value is -2.14. The van der Waals surface area contributed by atoms with Crippen LogP contribution in [0.4, 0.5) is 5.82 Å². The molecule has 2 aliphatic rings. The van der Waals surface area contributed by atoms with E-state index < -0.39 is 0 Å². The van der Waals surface area contributed by atoms with E-state index in [-0.39, 0.29) is 0 Å². The normalized spacial score (nSPS) is 21.5. The van der Waals surface area contributed by atoms with Crippen LogP contribution >= 0.6 is 0 Å². The number of rotatable bonds is 4. The fourth-order valence-corrected chi connectivity index (χ4v) is 4.08. The second kappa shape index (κ2) is 7.40. The molecular weight excluding hydrogens is 312 g/mol. The Labute approximate surface area is 149 Å². The minimum absolute atomic E-state index is 0.780. The molecule has 0 saturated carbocycles. The molecule has 1 aromatic heterocycles. The number of ether oxygens (including phenoxy) is 1. The summed E-state index contributed by atoms with van der Waals surface area (Å²) >= 11 is 0. The SMILES string of the molecule is COc1ccc(-c2nccc(N3CCC(C4CCNC4)CC3)n2)cc1. The summed E-state index contributed by atoms with van der Waals surface area (Å²) in [5, 5.41) is 3.50. The third-order valence-electron chi connectivity index (χ3n) is 5.62. The molecule has 25 heavy (non-hydrogen) atoms. The second-order valence-corrected chi connectivity index (χ2v) is 7.04. The van der Waals surface area contributed by atoms with Crippen molar-refractivity contribution in [3.63, 3.8) is 0 Å². The molecule has 2 aliphatic heterocycles. The molecule has 0 amide bonds. The summed E-state index contributed by atoms with van der Waals surface area (Å²) in [6.07, 6.45) is 5.76. The van der Waals surface area contributed by atoms with Gasteiger partial charge in [-0.3, -0.25) is 0 Å². The molecular formula is C20H26N4O. The summed E-state index contributed by atoms with van der Waals surface area (Å²) in [6, 6.07) is 9.96. The molecule has 0 radical (unpaired) electrons. The fourth-order valence-electron chi connectivity index (χ4n) is 4.08. The molecule has 4 rings (SSSR count). The van der Waals surface area contributed by atoms with E-state index in [1.165, 1.54) is 32.4 Å². The maximum atomic E-state index is 5.22. The van der Waals surface area contributed by atoms with Crippen molar-refractivity contribution in [1.82, 2.24) is 15.3 Å². The monoisotopic (exact) mass is 338 g/mol.